The van der Waals surface area contributed by atoms with Crippen LogP contribution in [-0.4, -0.2) is 10.1 Å². The summed E-state index contributed by atoms with van der Waals surface area (Å²) in [5.74, 6) is -0.0877. The average molecular weight is 335 g/mol. The maximum Gasteiger partial charge on any atom is 0.123 e. The van der Waals surface area contributed by atoms with Crippen molar-refractivity contribution in [3.8, 4) is 22.3 Å². The van der Waals surface area contributed by atoms with Crippen LogP contribution in [0.25, 0.3) is 22.3 Å². The van der Waals surface area contributed by atoms with E-state index in [2.05, 4.69) is 13.8 Å². The molecule has 128 valence electrons. The number of aromatic nitrogens is 1. The Kier molecular flexibility index (Phi) is 4.95. The lowest BCUT2D eigenvalue weighted by Gasteiger charge is -2.21. The summed E-state index contributed by atoms with van der Waals surface area (Å²) in [7, 11) is 0. The highest BCUT2D eigenvalue weighted by molar-refractivity contribution is 5.87. The van der Waals surface area contributed by atoms with Crippen molar-refractivity contribution in [2.75, 3.05) is 0 Å². The van der Waals surface area contributed by atoms with Crippen molar-refractivity contribution in [3.63, 3.8) is 0 Å². The molecule has 0 bridgehead atoms. The number of nitrogens with zero attached hydrogens (tertiary/aromatic N) is 1. The predicted molar refractivity (Wildman–Crippen MR) is 99.8 cm³/mol. The Bertz CT molecular complexity index is 871. The Morgan fingerprint density at radius 3 is 2.08 bits per heavy atom. The minimum absolute atomic E-state index is 0.104. The van der Waals surface area contributed by atoms with E-state index in [1.165, 1.54) is 12.1 Å². The average Bonchev–Trinajstić information content (AvgIpc) is 2.62. The molecule has 2 nitrogen and oxygen atoms in total. The molecule has 2 aromatic carbocycles. The van der Waals surface area contributed by atoms with Gasteiger partial charge in [-0.05, 0) is 41.7 Å². The van der Waals surface area contributed by atoms with E-state index in [1.54, 1.807) is 12.1 Å². The van der Waals surface area contributed by atoms with Gasteiger partial charge >= 0.3 is 0 Å². The zero-order valence-corrected chi connectivity index (χ0v) is 14.8. The SMILES string of the molecule is Cc1nc(C(C)C)c(CO)c(-c2ccc(F)cc2)c1-c1ccccc1. The molecule has 0 saturated heterocycles. The second kappa shape index (κ2) is 7.16. The third-order valence-corrected chi connectivity index (χ3v) is 4.41. The van der Waals surface area contributed by atoms with Crippen LogP contribution < -0.4 is 0 Å². The molecule has 1 aromatic heterocycles. The van der Waals surface area contributed by atoms with Crippen molar-refractivity contribution in [1.82, 2.24) is 4.98 Å². The molecule has 0 radical (unpaired) electrons. The van der Waals surface area contributed by atoms with Gasteiger partial charge in [-0.15, -0.1) is 0 Å². The Labute approximate surface area is 148 Å². The Morgan fingerprint density at radius 1 is 0.920 bits per heavy atom. The lowest BCUT2D eigenvalue weighted by Crippen LogP contribution is -2.07. The molecule has 0 fully saturated rings. The van der Waals surface area contributed by atoms with E-state index in [4.69, 9.17) is 4.98 Å². The second-order valence-corrected chi connectivity index (χ2v) is 6.50. The largest absolute Gasteiger partial charge is 0.392 e. The Morgan fingerprint density at radius 2 is 1.52 bits per heavy atom. The van der Waals surface area contributed by atoms with Gasteiger partial charge in [0.2, 0.25) is 0 Å². The maximum absolute atomic E-state index is 13.4. The van der Waals surface area contributed by atoms with Gasteiger partial charge in [-0.1, -0.05) is 56.3 Å². The first-order valence-corrected chi connectivity index (χ1v) is 8.48. The number of aliphatic hydroxyl groups is 1. The number of aliphatic hydroxyl groups excluding tert-OH is 1. The third kappa shape index (κ3) is 3.33. The van der Waals surface area contributed by atoms with E-state index >= 15 is 0 Å². The molecule has 0 aliphatic carbocycles. The molecule has 1 N–H and O–H groups in total. The zero-order valence-electron chi connectivity index (χ0n) is 14.8. The van der Waals surface area contributed by atoms with Crippen molar-refractivity contribution in [3.05, 3.63) is 77.4 Å². The first kappa shape index (κ1) is 17.3. The van der Waals surface area contributed by atoms with Gasteiger partial charge < -0.3 is 5.11 Å². The van der Waals surface area contributed by atoms with E-state index in [-0.39, 0.29) is 18.3 Å². The molecule has 3 rings (SSSR count). The molecule has 25 heavy (non-hydrogen) atoms. The number of pyridine rings is 1. The fourth-order valence-electron chi connectivity index (χ4n) is 3.29. The smallest absolute Gasteiger partial charge is 0.123 e. The number of aryl methyl sites for hydroxylation is 1. The molecule has 0 amide bonds. The van der Waals surface area contributed by atoms with E-state index in [1.807, 2.05) is 37.3 Å². The highest BCUT2D eigenvalue weighted by atomic mass is 19.1. The van der Waals surface area contributed by atoms with Crippen LogP contribution in [0.1, 0.15) is 36.7 Å². The van der Waals surface area contributed by atoms with Gasteiger partial charge in [0.15, 0.2) is 0 Å². The molecule has 1 heterocycles. The van der Waals surface area contributed by atoms with E-state index in [9.17, 15) is 9.50 Å². The second-order valence-electron chi connectivity index (χ2n) is 6.50. The highest BCUT2D eigenvalue weighted by Gasteiger charge is 2.21. The standard InChI is InChI=1S/C22H22FNO/c1-14(2)22-19(13-25)21(17-9-11-18(23)12-10-17)20(15(3)24-22)16-7-5-4-6-8-16/h4-12,14,25H,13H2,1-3H3. The summed E-state index contributed by atoms with van der Waals surface area (Å²) in [6.07, 6.45) is 0. The monoisotopic (exact) mass is 335 g/mol. The summed E-state index contributed by atoms with van der Waals surface area (Å²) in [6.45, 7) is 6.02. The van der Waals surface area contributed by atoms with E-state index in [0.29, 0.717) is 0 Å². The van der Waals surface area contributed by atoms with Crippen molar-refractivity contribution in [1.29, 1.82) is 0 Å². The van der Waals surface area contributed by atoms with Crippen molar-refractivity contribution >= 4 is 0 Å². The topological polar surface area (TPSA) is 33.1 Å². The summed E-state index contributed by atoms with van der Waals surface area (Å²) in [6, 6.07) is 16.4. The first-order chi connectivity index (χ1) is 12.0. The van der Waals surface area contributed by atoms with Crippen LogP contribution in [0, 0.1) is 12.7 Å². The number of hydrogen-bond acceptors (Lipinski definition) is 2. The molecule has 0 unspecified atom stereocenters. The molecule has 0 spiro atoms. The summed E-state index contributed by atoms with van der Waals surface area (Å²) in [5.41, 5.74) is 6.45. The van der Waals surface area contributed by atoms with Crippen molar-refractivity contribution in [2.24, 2.45) is 0 Å². The van der Waals surface area contributed by atoms with Crippen LogP contribution in [0.2, 0.25) is 0 Å². The quantitative estimate of drug-likeness (QED) is 0.685. The molecule has 0 aliphatic rings. The van der Waals surface area contributed by atoms with Gasteiger partial charge in [0.25, 0.3) is 0 Å². The van der Waals surface area contributed by atoms with Crippen molar-refractivity contribution in [2.45, 2.75) is 33.3 Å². The molecular formula is C22H22FNO. The Balaban J connectivity index is 2.40. The van der Waals surface area contributed by atoms with Crippen LogP contribution in [-0.2, 0) is 6.61 Å². The van der Waals surface area contributed by atoms with Crippen LogP contribution in [0.3, 0.4) is 0 Å². The van der Waals surface area contributed by atoms with E-state index < -0.39 is 0 Å². The first-order valence-electron chi connectivity index (χ1n) is 8.48. The van der Waals surface area contributed by atoms with Gasteiger partial charge in [0, 0.05) is 22.5 Å². The molecule has 3 heteroatoms. The van der Waals surface area contributed by atoms with Crippen LogP contribution in [0.15, 0.2) is 54.6 Å². The predicted octanol–water partition coefficient (Wildman–Crippen LogP) is 5.48. The summed E-state index contributed by atoms with van der Waals surface area (Å²) in [4.78, 5) is 4.79. The minimum Gasteiger partial charge on any atom is -0.392 e. The number of benzene rings is 2. The number of hydrogen-bond donors (Lipinski definition) is 1. The lowest BCUT2D eigenvalue weighted by molar-refractivity contribution is 0.280. The lowest BCUT2D eigenvalue weighted by atomic mass is 9.87. The summed E-state index contributed by atoms with van der Waals surface area (Å²) in [5, 5.41) is 10.1. The maximum atomic E-state index is 13.4. The highest BCUT2D eigenvalue weighted by Crippen LogP contribution is 2.39. The summed E-state index contributed by atoms with van der Waals surface area (Å²) < 4.78 is 13.4. The summed E-state index contributed by atoms with van der Waals surface area (Å²) >= 11 is 0. The van der Waals surface area contributed by atoms with Crippen LogP contribution in [0.5, 0.6) is 0 Å². The molecule has 3 aromatic rings. The number of rotatable bonds is 4. The molecule has 0 saturated carbocycles. The molecule has 0 atom stereocenters. The van der Waals surface area contributed by atoms with Crippen LogP contribution in [0.4, 0.5) is 4.39 Å². The van der Waals surface area contributed by atoms with Gasteiger partial charge in [0.1, 0.15) is 5.82 Å². The van der Waals surface area contributed by atoms with Gasteiger partial charge in [-0.25, -0.2) is 4.39 Å². The third-order valence-electron chi connectivity index (χ3n) is 4.41. The fourth-order valence-corrected chi connectivity index (χ4v) is 3.29. The van der Waals surface area contributed by atoms with E-state index in [0.717, 1.165) is 39.2 Å². The van der Waals surface area contributed by atoms with Gasteiger partial charge in [-0.3, -0.25) is 4.98 Å². The minimum atomic E-state index is -0.273. The van der Waals surface area contributed by atoms with Crippen molar-refractivity contribution < 1.29 is 9.50 Å². The Hall–Kier alpha value is -2.52. The zero-order chi connectivity index (χ0) is 18.0. The normalized spacial score (nSPS) is 11.1. The van der Waals surface area contributed by atoms with Gasteiger partial charge in [-0.2, -0.15) is 0 Å². The number of halogens is 1. The van der Waals surface area contributed by atoms with Gasteiger partial charge in [0.05, 0.1) is 6.61 Å². The fraction of sp³-hybridized carbons (Fsp3) is 0.227. The molecule has 0 aliphatic heterocycles. The molecular weight excluding hydrogens is 313 g/mol. The van der Waals surface area contributed by atoms with Crippen LogP contribution >= 0.6 is 0 Å².